The monoisotopic (exact) mass is 183 g/mol. The van der Waals surface area contributed by atoms with E-state index in [0.717, 1.165) is 0 Å². The standard InChI is InChI=1S/C10H17NO2/c1-6-7-8-11(9(12)13-5)10(2,3)4/h6-8H,1H2,2-5H3. The Morgan fingerprint density at radius 1 is 1.46 bits per heavy atom. The number of carbonyl (C=O) groups excluding carboxylic acids is 1. The van der Waals surface area contributed by atoms with Gasteiger partial charge >= 0.3 is 6.09 Å². The SMILES string of the molecule is C=CC=CN(C(=O)OC)C(C)(C)C. The van der Waals surface area contributed by atoms with E-state index in [0.29, 0.717) is 0 Å². The van der Waals surface area contributed by atoms with Crippen molar-refractivity contribution in [2.45, 2.75) is 26.3 Å². The molecule has 0 aliphatic rings. The Labute approximate surface area is 79.7 Å². The van der Waals surface area contributed by atoms with E-state index in [1.165, 1.54) is 12.0 Å². The summed E-state index contributed by atoms with van der Waals surface area (Å²) in [5.74, 6) is 0. The molecule has 0 unspecified atom stereocenters. The highest BCUT2D eigenvalue weighted by Gasteiger charge is 2.24. The third-order valence-electron chi connectivity index (χ3n) is 1.47. The van der Waals surface area contributed by atoms with E-state index < -0.39 is 0 Å². The van der Waals surface area contributed by atoms with Crippen LogP contribution in [0.15, 0.2) is 24.9 Å². The third-order valence-corrected chi connectivity index (χ3v) is 1.47. The number of hydrogen-bond donors (Lipinski definition) is 0. The first-order chi connectivity index (χ1) is 5.93. The fourth-order valence-electron chi connectivity index (χ4n) is 0.804. The fourth-order valence-corrected chi connectivity index (χ4v) is 0.804. The van der Waals surface area contributed by atoms with E-state index in [-0.39, 0.29) is 11.6 Å². The number of carbonyl (C=O) groups is 1. The molecule has 0 radical (unpaired) electrons. The fraction of sp³-hybridized carbons (Fsp3) is 0.500. The maximum atomic E-state index is 11.3. The maximum Gasteiger partial charge on any atom is 0.414 e. The van der Waals surface area contributed by atoms with Crippen molar-refractivity contribution in [2.24, 2.45) is 0 Å². The van der Waals surface area contributed by atoms with Gasteiger partial charge in [0.2, 0.25) is 0 Å². The zero-order valence-electron chi connectivity index (χ0n) is 8.70. The number of methoxy groups -OCH3 is 1. The first-order valence-corrected chi connectivity index (χ1v) is 4.10. The lowest BCUT2D eigenvalue weighted by Gasteiger charge is -2.31. The van der Waals surface area contributed by atoms with Crippen molar-refractivity contribution in [1.29, 1.82) is 0 Å². The molecule has 0 saturated heterocycles. The zero-order chi connectivity index (χ0) is 10.5. The quantitative estimate of drug-likeness (QED) is 0.616. The summed E-state index contributed by atoms with van der Waals surface area (Å²) < 4.78 is 4.64. The topological polar surface area (TPSA) is 29.5 Å². The molecule has 0 aliphatic carbocycles. The lowest BCUT2D eigenvalue weighted by Crippen LogP contribution is -2.41. The Morgan fingerprint density at radius 3 is 2.31 bits per heavy atom. The Bertz CT molecular complexity index is 213. The van der Waals surface area contributed by atoms with Crippen LogP contribution in [-0.4, -0.2) is 23.6 Å². The summed E-state index contributed by atoms with van der Waals surface area (Å²) in [4.78, 5) is 12.8. The minimum Gasteiger partial charge on any atom is -0.452 e. The highest BCUT2D eigenvalue weighted by Crippen LogP contribution is 2.14. The minimum absolute atomic E-state index is 0.285. The predicted octanol–water partition coefficient (Wildman–Crippen LogP) is 2.55. The Kier molecular flexibility index (Phi) is 4.25. The molecule has 13 heavy (non-hydrogen) atoms. The molecule has 74 valence electrons. The Morgan fingerprint density at radius 2 is 2.00 bits per heavy atom. The second-order valence-electron chi connectivity index (χ2n) is 3.59. The predicted molar refractivity (Wildman–Crippen MR) is 53.3 cm³/mol. The van der Waals surface area contributed by atoms with Gasteiger partial charge in [-0.2, -0.15) is 0 Å². The molecule has 0 saturated carbocycles. The Balaban J connectivity index is 4.65. The van der Waals surface area contributed by atoms with Gasteiger partial charge in [-0.1, -0.05) is 12.7 Å². The van der Waals surface area contributed by atoms with Crippen LogP contribution in [0.4, 0.5) is 4.79 Å². The molecule has 0 aromatic rings. The molecule has 3 heteroatoms. The number of nitrogens with zero attached hydrogens (tertiary/aromatic N) is 1. The molecule has 3 nitrogen and oxygen atoms in total. The van der Waals surface area contributed by atoms with Crippen LogP contribution in [0.3, 0.4) is 0 Å². The largest absolute Gasteiger partial charge is 0.452 e. The molecule has 0 heterocycles. The summed E-state index contributed by atoms with van der Waals surface area (Å²) in [6, 6.07) is 0. The van der Waals surface area contributed by atoms with Crippen molar-refractivity contribution >= 4 is 6.09 Å². The summed E-state index contributed by atoms with van der Waals surface area (Å²) >= 11 is 0. The molecule has 0 aliphatic heterocycles. The van der Waals surface area contributed by atoms with Gasteiger partial charge in [0.25, 0.3) is 0 Å². The number of rotatable bonds is 2. The van der Waals surface area contributed by atoms with Crippen LogP contribution in [0, 0.1) is 0 Å². The summed E-state index contributed by atoms with van der Waals surface area (Å²) in [7, 11) is 1.36. The summed E-state index contributed by atoms with van der Waals surface area (Å²) in [6.07, 6.45) is 4.59. The van der Waals surface area contributed by atoms with E-state index in [1.54, 1.807) is 18.4 Å². The summed E-state index contributed by atoms with van der Waals surface area (Å²) in [6.45, 7) is 9.32. The van der Waals surface area contributed by atoms with Crippen molar-refractivity contribution in [3.8, 4) is 0 Å². The highest BCUT2D eigenvalue weighted by atomic mass is 16.5. The average molecular weight is 183 g/mol. The molecule has 1 amide bonds. The van der Waals surface area contributed by atoms with Crippen LogP contribution in [0.5, 0.6) is 0 Å². The first kappa shape index (κ1) is 11.8. The summed E-state index contributed by atoms with van der Waals surface area (Å²) in [5, 5.41) is 0. The lowest BCUT2D eigenvalue weighted by molar-refractivity contribution is 0.110. The van der Waals surface area contributed by atoms with Crippen LogP contribution in [0.2, 0.25) is 0 Å². The van der Waals surface area contributed by atoms with Gasteiger partial charge < -0.3 is 4.74 Å². The van der Waals surface area contributed by atoms with E-state index in [9.17, 15) is 4.79 Å². The highest BCUT2D eigenvalue weighted by molar-refractivity contribution is 5.69. The van der Waals surface area contributed by atoms with Gasteiger partial charge in [0.15, 0.2) is 0 Å². The molecular formula is C10H17NO2. The first-order valence-electron chi connectivity index (χ1n) is 4.10. The van der Waals surface area contributed by atoms with E-state index in [2.05, 4.69) is 11.3 Å². The van der Waals surface area contributed by atoms with Crippen molar-refractivity contribution in [3.05, 3.63) is 24.9 Å². The molecule has 0 aromatic heterocycles. The number of hydrogen-bond acceptors (Lipinski definition) is 2. The van der Waals surface area contributed by atoms with Crippen molar-refractivity contribution < 1.29 is 9.53 Å². The molecule has 0 fully saturated rings. The van der Waals surface area contributed by atoms with Gasteiger partial charge in [-0.3, -0.25) is 4.90 Å². The Hall–Kier alpha value is -1.25. The van der Waals surface area contributed by atoms with Crippen LogP contribution in [-0.2, 0) is 4.74 Å². The van der Waals surface area contributed by atoms with Crippen molar-refractivity contribution in [3.63, 3.8) is 0 Å². The van der Waals surface area contributed by atoms with E-state index in [1.807, 2.05) is 20.8 Å². The van der Waals surface area contributed by atoms with Crippen LogP contribution >= 0.6 is 0 Å². The number of amides is 1. The zero-order valence-corrected chi connectivity index (χ0v) is 8.70. The molecule has 0 rings (SSSR count). The maximum absolute atomic E-state index is 11.3. The molecule has 0 atom stereocenters. The molecular weight excluding hydrogens is 166 g/mol. The van der Waals surface area contributed by atoms with Gasteiger partial charge in [-0.15, -0.1) is 0 Å². The van der Waals surface area contributed by atoms with Gasteiger partial charge in [-0.05, 0) is 26.8 Å². The molecule has 0 N–H and O–H groups in total. The minimum atomic E-state index is -0.370. The number of ether oxygens (including phenoxy) is 1. The molecule has 0 bridgehead atoms. The second-order valence-corrected chi connectivity index (χ2v) is 3.59. The van der Waals surface area contributed by atoms with Crippen LogP contribution in [0.25, 0.3) is 0 Å². The third kappa shape index (κ3) is 3.78. The second kappa shape index (κ2) is 4.70. The van der Waals surface area contributed by atoms with E-state index >= 15 is 0 Å². The number of allylic oxidation sites excluding steroid dienone is 2. The lowest BCUT2D eigenvalue weighted by atomic mass is 10.1. The summed E-state index contributed by atoms with van der Waals surface area (Å²) in [5.41, 5.74) is -0.285. The smallest absolute Gasteiger partial charge is 0.414 e. The van der Waals surface area contributed by atoms with Crippen LogP contribution < -0.4 is 0 Å². The van der Waals surface area contributed by atoms with Crippen molar-refractivity contribution in [1.82, 2.24) is 4.90 Å². The van der Waals surface area contributed by atoms with Gasteiger partial charge in [0, 0.05) is 11.7 Å². The average Bonchev–Trinajstić information content (AvgIpc) is 2.02. The van der Waals surface area contributed by atoms with E-state index in [4.69, 9.17) is 0 Å². The molecule has 0 aromatic carbocycles. The van der Waals surface area contributed by atoms with Crippen molar-refractivity contribution in [2.75, 3.05) is 7.11 Å². The molecule has 0 spiro atoms. The van der Waals surface area contributed by atoms with Gasteiger partial charge in [0.1, 0.15) is 0 Å². The van der Waals surface area contributed by atoms with Gasteiger partial charge in [-0.25, -0.2) is 4.79 Å². The normalized spacial score (nSPS) is 11.4. The van der Waals surface area contributed by atoms with Crippen LogP contribution in [0.1, 0.15) is 20.8 Å². The van der Waals surface area contributed by atoms with Gasteiger partial charge in [0.05, 0.1) is 7.11 Å².